The lowest BCUT2D eigenvalue weighted by Crippen LogP contribution is -2.32. The van der Waals surface area contributed by atoms with Crippen LogP contribution in [0.25, 0.3) is 22.3 Å². The number of benzene rings is 3. The molecule has 0 aliphatic rings. The molecule has 3 aromatic carbocycles. The summed E-state index contributed by atoms with van der Waals surface area (Å²) in [6.07, 6.45) is 0. The van der Waals surface area contributed by atoms with Gasteiger partial charge in [0.15, 0.2) is 12.4 Å². The maximum absolute atomic E-state index is 13.3. The van der Waals surface area contributed by atoms with Gasteiger partial charge in [-0.25, -0.2) is 0 Å². The number of carbonyl (C=O) groups is 1. The highest BCUT2D eigenvalue weighted by Crippen LogP contribution is 2.32. The second-order valence-electron chi connectivity index (χ2n) is 7.45. The largest absolute Gasteiger partial charge is 0.497 e. The van der Waals surface area contributed by atoms with Crippen LogP contribution in [0, 0.1) is 0 Å². The Kier molecular flexibility index (Phi) is 6.66. The van der Waals surface area contributed by atoms with Gasteiger partial charge in [-0.3, -0.25) is 9.59 Å². The maximum atomic E-state index is 13.3. The van der Waals surface area contributed by atoms with Crippen LogP contribution in [0.2, 0.25) is 5.02 Å². The van der Waals surface area contributed by atoms with Crippen molar-refractivity contribution in [2.75, 3.05) is 13.7 Å². The Balaban J connectivity index is 1.65. The number of nitrogens with one attached hydrogen (secondary N) is 1. The zero-order chi connectivity index (χ0) is 23.4. The van der Waals surface area contributed by atoms with Crippen LogP contribution >= 0.6 is 11.6 Å². The monoisotopic (exact) mass is 463 g/mol. The van der Waals surface area contributed by atoms with Crippen molar-refractivity contribution in [3.05, 3.63) is 93.6 Å². The van der Waals surface area contributed by atoms with E-state index in [0.29, 0.717) is 21.9 Å². The van der Waals surface area contributed by atoms with Gasteiger partial charge in [-0.1, -0.05) is 41.9 Å². The molecule has 0 saturated carbocycles. The lowest BCUT2D eigenvalue weighted by atomic mass is 10.1. The molecule has 1 N–H and O–H groups in total. The summed E-state index contributed by atoms with van der Waals surface area (Å²) in [6, 6.07) is 21.2. The zero-order valence-corrected chi connectivity index (χ0v) is 18.9. The molecule has 1 atom stereocenters. The Morgan fingerprint density at radius 3 is 2.48 bits per heavy atom. The molecule has 7 heteroatoms. The highest BCUT2D eigenvalue weighted by atomic mass is 35.5. The molecule has 0 bridgehead atoms. The van der Waals surface area contributed by atoms with E-state index in [-0.39, 0.29) is 35.5 Å². The van der Waals surface area contributed by atoms with Crippen LogP contribution in [0.1, 0.15) is 18.5 Å². The summed E-state index contributed by atoms with van der Waals surface area (Å²) in [5.74, 6) is 0.460. The minimum Gasteiger partial charge on any atom is -0.497 e. The molecule has 1 aromatic heterocycles. The van der Waals surface area contributed by atoms with E-state index < -0.39 is 5.43 Å². The van der Waals surface area contributed by atoms with Crippen molar-refractivity contribution in [3.8, 4) is 22.8 Å². The SMILES string of the molecule is COc1ccc(-c2oc3ccc(Cl)cc3c(=O)c2OCC(=O)NC(C)c2ccccc2)cc1. The first-order chi connectivity index (χ1) is 16.0. The fraction of sp³-hybridized carbons (Fsp3) is 0.154. The van der Waals surface area contributed by atoms with E-state index in [1.165, 1.54) is 6.07 Å². The van der Waals surface area contributed by atoms with E-state index >= 15 is 0 Å². The average molecular weight is 464 g/mol. The average Bonchev–Trinajstić information content (AvgIpc) is 2.84. The third-order valence-corrected chi connectivity index (χ3v) is 5.42. The van der Waals surface area contributed by atoms with Crippen LogP contribution in [0.15, 0.2) is 82.0 Å². The predicted molar refractivity (Wildman–Crippen MR) is 128 cm³/mol. The molecular formula is C26H22ClNO5. The zero-order valence-electron chi connectivity index (χ0n) is 18.1. The van der Waals surface area contributed by atoms with Gasteiger partial charge in [0.25, 0.3) is 5.91 Å². The number of halogens is 1. The molecule has 0 aliphatic carbocycles. The minimum atomic E-state index is -0.409. The normalized spacial score (nSPS) is 11.7. The van der Waals surface area contributed by atoms with Gasteiger partial charge in [-0.2, -0.15) is 0 Å². The molecule has 1 heterocycles. The number of ether oxygens (including phenoxy) is 2. The van der Waals surface area contributed by atoms with Gasteiger partial charge < -0.3 is 19.2 Å². The first-order valence-corrected chi connectivity index (χ1v) is 10.7. The fourth-order valence-corrected chi connectivity index (χ4v) is 3.63. The van der Waals surface area contributed by atoms with Gasteiger partial charge in [-0.05, 0) is 55.0 Å². The molecule has 0 radical (unpaired) electrons. The summed E-state index contributed by atoms with van der Waals surface area (Å²) in [5.41, 5.74) is 1.53. The van der Waals surface area contributed by atoms with E-state index in [2.05, 4.69) is 5.32 Å². The van der Waals surface area contributed by atoms with Gasteiger partial charge in [0.2, 0.25) is 11.2 Å². The lowest BCUT2D eigenvalue weighted by molar-refractivity contribution is -0.123. The molecule has 0 saturated heterocycles. The van der Waals surface area contributed by atoms with Crippen molar-refractivity contribution >= 4 is 28.5 Å². The Hall–Kier alpha value is -3.77. The highest BCUT2D eigenvalue weighted by molar-refractivity contribution is 6.31. The topological polar surface area (TPSA) is 77.8 Å². The smallest absolute Gasteiger partial charge is 0.258 e. The third kappa shape index (κ3) is 5.02. The van der Waals surface area contributed by atoms with Crippen molar-refractivity contribution in [1.29, 1.82) is 0 Å². The highest BCUT2D eigenvalue weighted by Gasteiger charge is 2.20. The second kappa shape index (κ2) is 9.79. The second-order valence-corrected chi connectivity index (χ2v) is 7.88. The molecule has 0 aliphatic heterocycles. The summed E-state index contributed by atoms with van der Waals surface area (Å²) in [4.78, 5) is 25.8. The van der Waals surface area contributed by atoms with Crippen LogP contribution in [-0.4, -0.2) is 19.6 Å². The fourth-order valence-electron chi connectivity index (χ4n) is 3.46. The molecule has 6 nitrogen and oxygen atoms in total. The lowest BCUT2D eigenvalue weighted by Gasteiger charge is -2.15. The van der Waals surface area contributed by atoms with E-state index in [1.54, 1.807) is 43.5 Å². The van der Waals surface area contributed by atoms with Crippen LogP contribution in [0.4, 0.5) is 0 Å². The van der Waals surface area contributed by atoms with Crippen LogP contribution < -0.4 is 20.2 Å². The van der Waals surface area contributed by atoms with E-state index in [4.69, 9.17) is 25.5 Å². The van der Waals surface area contributed by atoms with Gasteiger partial charge in [0.05, 0.1) is 18.5 Å². The molecule has 4 rings (SSSR count). The molecular weight excluding hydrogens is 442 g/mol. The van der Waals surface area contributed by atoms with Crippen molar-refractivity contribution < 1.29 is 18.7 Å². The van der Waals surface area contributed by atoms with Gasteiger partial charge in [-0.15, -0.1) is 0 Å². The number of hydrogen-bond donors (Lipinski definition) is 1. The summed E-state index contributed by atoms with van der Waals surface area (Å²) in [6.45, 7) is 1.53. The first-order valence-electron chi connectivity index (χ1n) is 10.3. The van der Waals surface area contributed by atoms with E-state index in [0.717, 1.165) is 5.56 Å². The minimum absolute atomic E-state index is 0.0579. The first kappa shape index (κ1) is 22.4. The number of amides is 1. The van der Waals surface area contributed by atoms with Crippen molar-refractivity contribution in [1.82, 2.24) is 5.32 Å². The Labute approximate surface area is 195 Å². The molecule has 1 unspecified atom stereocenters. The number of hydrogen-bond acceptors (Lipinski definition) is 5. The number of methoxy groups -OCH3 is 1. The van der Waals surface area contributed by atoms with E-state index in [9.17, 15) is 9.59 Å². The molecule has 168 valence electrons. The standard InChI is InChI=1S/C26H22ClNO5/c1-16(17-6-4-3-5-7-17)28-23(29)15-32-26-24(30)21-14-19(27)10-13-22(21)33-25(26)18-8-11-20(31-2)12-9-18/h3-14,16H,15H2,1-2H3,(H,28,29). The Bertz CT molecular complexity index is 1330. The van der Waals surface area contributed by atoms with Gasteiger partial charge >= 0.3 is 0 Å². The Morgan fingerprint density at radius 2 is 1.79 bits per heavy atom. The maximum Gasteiger partial charge on any atom is 0.258 e. The predicted octanol–water partition coefficient (Wildman–Crippen LogP) is 5.38. The van der Waals surface area contributed by atoms with Crippen molar-refractivity contribution in [2.24, 2.45) is 0 Å². The summed E-state index contributed by atoms with van der Waals surface area (Å²) < 4.78 is 17.0. The third-order valence-electron chi connectivity index (χ3n) is 5.19. The van der Waals surface area contributed by atoms with E-state index in [1.807, 2.05) is 37.3 Å². The van der Waals surface area contributed by atoms with Crippen molar-refractivity contribution in [3.63, 3.8) is 0 Å². The van der Waals surface area contributed by atoms with Gasteiger partial charge in [0.1, 0.15) is 11.3 Å². The molecule has 4 aromatic rings. The summed E-state index contributed by atoms with van der Waals surface area (Å²) in [5, 5.41) is 3.54. The van der Waals surface area contributed by atoms with Gasteiger partial charge in [0, 0.05) is 10.6 Å². The van der Waals surface area contributed by atoms with Crippen LogP contribution in [0.3, 0.4) is 0 Å². The number of carbonyl (C=O) groups excluding carboxylic acids is 1. The quantitative estimate of drug-likeness (QED) is 0.398. The van der Waals surface area contributed by atoms with Crippen LogP contribution in [0.5, 0.6) is 11.5 Å². The summed E-state index contributed by atoms with van der Waals surface area (Å²) >= 11 is 6.08. The number of fused-ring (bicyclic) bond motifs is 1. The molecule has 0 spiro atoms. The summed E-state index contributed by atoms with van der Waals surface area (Å²) in [7, 11) is 1.57. The van der Waals surface area contributed by atoms with Crippen LogP contribution in [-0.2, 0) is 4.79 Å². The Morgan fingerprint density at radius 1 is 1.06 bits per heavy atom. The number of rotatable bonds is 7. The molecule has 33 heavy (non-hydrogen) atoms. The van der Waals surface area contributed by atoms with Crippen molar-refractivity contribution in [2.45, 2.75) is 13.0 Å². The molecule has 1 amide bonds. The molecule has 0 fully saturated rings.